The Morgan fingerprint density at radius 2 is 2.43 bits per heavy atom. The molecule has 0 aromatic carbocycles. The molecule has 0 unspecified atom stereocenters. The SMILES string of the molecule is CCOC(=O)C(=CBr)c1ccccn1. The van der Waals surface area contributed by atoms with Gasteiger partial charge in [0.15, 0.2) is 0 Å². The third kappa shape index (κ3) is 2.67. The summed E-state index contributed by atoms with van der Waals surface area (Å²) in [5.41, 5.74) is 1.02. The Morgan fingerprint density at radius 1 is 1.64 bits per heavy atom. The molecule has 0 aliphatic heterocycles. The predicted octanol–water partition coefficient (Wildman–Crippen LogP) is 2.38. The van der Waals surface area contributed by atoms with E-state index in [0.717, 1.165) is 0 Å². The molecule has 14 heavy (non-hydrogen) atoms. The zero-order chi connectivity index (χ0) is 10.4. The lowest BCUT2D eigenvalue weighted by atomic mass is 10.2. The van der Waals surface area contributed by atoms with Crippen LogP contribution in [0.25, 0.3) is 5.57 Å². The quantitative estimate of drug-likeness (QED) is 0.615. The second kappa shape index (κ2) is 5.54. The smallest absolute Gasteiger partial charge is 0.340 e. The van der Waals surface area contributed by atoms with Crippen LogP contribution in [0.3, 0.4) is 0 Å². The summed E-state index contributed by atoms with van der Waals surface area (Å²) in [6, 6.07) is 5.36. The molecule has 0 N–H and O–H groups in total. The summed E-state index contributed by atoms with van der Waals surface area (Å²) in [5.74, 6) is -0.372. The lowest BCUT2D eigenvalue weighted by molar-refractivity contribution is -0.136. The van der Waals surface area contributed by atoms with Crippen molar-refractivity contribution in [1.29, 1.82) is 0 Å². The van der Waals surface area contributed by atoms with Gasteiger partial charge >= 0.3 is 5.97 Å². The summed E-state index contributed by atoms with van der Waals surface area (Å²) in [6.07, 6.45) is 1.63. The lowest BCUT2D eigenvalue weighted by Gasteiger charge is -2.04. The fourth-order valence-corrected chi connectivity index (χ4v) is 1.36. The Labute approximate surface area is 90.9 Å². The number of carbonyl (C=O) groups excluding carboxylic acids is 1. The highest BCUT2D eigenvalue weighted by molar-refractivity contribution is 9.11. The molecule has 1 rings (SSSR count). The van der Waals surface area contributed by atoms with Crippen molar-refractivity contribution in [2.75, 3.05) is 6.61 Å². The number of hydrogen-bond acceptors (Lipinski definition) is 3. The number of ether oxygens (including phenoxy) is 1. The lowest BCUT2D eigenvalue weighted by Crippen LogP contribution is -2.07. The Bertz CT molecular complexity index is 335. The monoisotopic (exact) mass is 255 g/mol. The summed E-state index contributed by atoms with van der Waals surface area (Å²) >= 11 is 3.12. The molecule has 0 amide bonds. The molecule has 74 valence electrons. The first-order valence-electron chi connectivity index (χ1n) is 4.18. The molecule has 3 nitrogen and oxygen atoms in total. The van der Waals surface area contributed by atoms with Crippen LogP contribution in [0.4, 0.5) is 0 Å². The minimum Gasteiger partial charge on any atom is -0.462 e. The van der Waals surface area contributed by atoms with Crippen LogP contribution in [0.2, 0.25) is 0 Å². The molecule has 0 aliphatic rings. The molecule has 0 fully saturated rings. The first-order chi connectivity index (χ1) is 6.79. The zero-order valence-electron chi connectivity index (χ0n) is 7.74. The van der Waals surface area contributed by atoms with E-state index in [2.05, 4.69) is 20.9 Å². The number of pyridine rings is 1. The molecule has 4 heteroatoms. The van der Waals surface area contributed by atoms with Crippen LogP contribution >= 0.6 is 15.9 Å². The van der Waals surface area contributed by atoms with Gasteiger partial charge in [-0.3, -0.25) is 4.98 Å². The number of rotatable bonds is 3. The molecule has 0 spiro atoms. The van der Waals surface area contributed by atoms with Crippen molar-refractivity contribution in [2.45, 2.75) is 6.92 Å². The van der Waals surface area contributed by atoms with Crippen LogP contribution < -0.4 is 0 Å². The highest BCUT2D eigenvalue weighted by Crippen LogP contribution is 2.14. The molecule has 0 saturated heterocycles. The maximum absolute atomic E-state index is 11.4. The van der Waals surface area contributed by atoms with Gasteiger partial charge in [-0.2, -0.15) is 0 Å². The Morgan fingerprint density at radius 3 is 2.93 bits per heavy atom. The van der Waals surface area contributed by atoms with Crippen molar-refractivity contribution in [3.05, 3.63) is 35.1 Å². The summed E-state index contributed by atoms with van der Waals surface area (Å²) in [5, 5.41) is 0. The molecule has 0 aliphatic carbocycles. The van der Waals surface area contributed by atoms with Crippen LogP contribution in [-0.2, 0) is 9.53 Å². The third-order valence-corrected chi connectivity index (χ3v) is 2.00. The second-order valence-electron chi connectivity index (χ2n) is 2.46. The van der Waals surface area contributed by atoms with Gasteiger partial charge in [-0.05, 0) is 24.0 Å². The van der Waals surface area contributed by atoms with Crippen LogP contribution in [0.15, 0.2) is 29.4 Å². The van der Waals surface area contributed by atoms with Crippen molar-refractivity contribution in [2.24, 2.45) is 0 Å². The molecule has 1 aromatic heterocycles. The number of esters is 1. The fourth-order valence-electron chi connectivity index (χ4n) is 0.936. The summed E-state index contributed by atoms with van der Waals surface area (Å²) in [6.45, 7) is 2.12. The molecule has 0 saturated carbocycles. The number of hydrogen-bond donors (Lipinski definition) is 0. The van der Waals surface area contributed by atoms with Gasteiger partial charge < -0.3 is 4.74 Å². The largest absolute Gasteiger partial charge is 0.462 e. The van der Waals surface area contributed by atoms with Crippen molar-refractivity contribution in [3.8, 4) is 0 Å². The van der Waals surface area contributed by atoms with Crippen LogP contribution in [-0.4, -0.2) is 17.6 Å². The van der Waals surface area contributed by atoms with Crippen LogP contribution in [0.5, 0.6) is 0 Å². The van der Waals surface area contributed by atoms with E-state index in [1.54, 1.807) is 25.3 Å². The number of aromatic nitrogens is 1. The summed E-state index contributed by atoms with van der Waals surface area (Å²) < 4.78 is 4.87. The van der Waals surface area contributed by atoms with E-state index < -0.39 is 0 Å². The third-order valence-electron chi connectivity index (χ3n) is 1.55. The van der Waals surface area contributed by atoms with Gasteiger partial charge in [0.1, 0.15) is 0 Å². The minimum atomic E-state index is -0.372. The van der Waals surface area contributed by atoms with Gasteiger partial charge in [-0.15, -0.1) is 0 Å². The first kappa shape index (κ1) is 10.9. The van der Waals surface area contributed by atoms with Crippen molar-refractivity contribution in [3.63, 3.8) is 0 Å². The minimum absolute atomic E-state index is 0.357. The summed E-state index contributed by atoms with van der Waals surface area (Å²) in [4.78, 5) is 17.0. The van der Waals surface area contributed by atoms with E-state index in [0.29, 0.717) is 17.9 Å². The van der Waals surface area contributed by atoms with E-state index in [9.17, 15) is 4.79 Å². The van der Waals surface area contributed by atoms with Crippen molar-refractivity contribution < 1.29 is 9.53 Å². The van der Waals surface area contributed by atoms with E-state index in [1.165, 1.54) is 4.99 Å². The number of carbonyl (C=O) groups is 1. The standard InChI is InChI=1S/C10H10BrNO2/c1-2-14-10(13)8(7-11)9-5-3-4-6-12-9/h3-7H,2H2,1H3. The molecular weight excluding hydrogens is 246 g/mol. The molecule has 1 heterocycles. The average molecular weight is 256 g/mol. The Kier molecular flexibility index (Phi) is 4.32. The molecule has 0 atom stereocenters. The van der Waals surface area contributed by atoms with E-state index >= 15 is 0 Å². The topological polar surface area (TPSA) is 39.2 Å². The second-order valence-corrected chi connectivity index (χ2v) is 2.92. The van der Waals surface area contributed by atoms with Gasteiger partial charge in [0.05, 0.1) is 17.9 Å². The number of nitrogens with zero attached hydrogens (tertiary/aromatic N) is 1. The Hall–Kier alpha value is -1.16. The van der Waals surface area contributed by atoms with E-state index in [-0.39, 0.29) is 5.97 Å². The van der Waals surface area contributed by atoms with Gasteiger partial charge in [-0.25, -0.2) is 4.79 Å². The highest BCUT2D eigenvalue weighted by atomic mass is 79.9. The first-order valence-corrected chi connectivity index (χ1v) is 5.10. The molecule has 0 radical (unpaired) electrons. The van der Waals surface area contributed by atoms with E-state index in [1.807, 2.05) is 6.07 Å². The van der Waals surface area contributed by atoms with Gasteiger partial charge in [-0.1, -0.05) is 22.0 Å². The van der Waals surface area contributed by atoms with Gasteiger partial charge in [0.25, 0.3) is 0 Å². The van der Waals surface area contributed by atoms with Crippen LogP contribution in [0.1, 0.15) is 12.6 Å². The average Bonchev–Trinajstić information content (AvgIpc) is 2.21. The fraction of sp³-hybridized carbons (Fsp3) is 0.200. The zero-order valence-corrected chi connectivity index (χ0v) is 9.32. The van der Waals surface area contributed by atoms with Crippen molar-refractivity contribution >= 4 is 27.5 Å². The van der Waals surface area contributed by atoms with Gasteiger partial charge in [0.2, 0.25) is 0 Å². The van der Waals surface area contributed by atoms with Crippen molar-refractivity contribution in [1.82, 2.24) is 4.98 Å². The van der Waals surface area contributed by atoms with Crippen LogP contribution in [0, 0.1) is 0 Å². The normalized spacial score (nSPS) is 11.1. The molecule has 0 bridgehead atoms. The maximum atomic E-state index is 11.4. The predicted molar refractivity (Wildman–Crippen MR) is 57.8 cm³/mol. The van der Waals surface area contributed by atoms with E-state index in [4.69, 9.17) is 4.74 Å². The maximum Gasteiger partial charge on any atom is 0.340 e. The highest BCUT2D eigenvalue weighted by Gasteiger charge is 2.12. The summed E-state index contributed by atoms with van der Waals surface area (Å²) in [7, 11) is 0. The molecular formula is C10H10BrNO2. The van der Waals surface area contributed by atoms with Gasteiger partial charge in [0, 0.05) is 6.20 Å². The Balaban J connectivity index is 2.89. The molecule has 1 aromatic rings. The number of halogens is 1.